The molecule has 0 aliphatic carbocycles. The Kier molecular flexibility index (Phi) is 5.60. The molecule has 2 atom stereocenters. The van der Waals surface area contributed by atoms with Crippen LogP contribution >= 0.6 is 12.6 Å². The monoisotopic (exact) mass is 356 g/mol. The molecule has 1 aliphatic heterocycles. The van der Waals surface area contributed by atoms with Gasteiger partial charge in [-0.25, -0.2) is 4.79 Å². The van der Waals surface area contributed by atoms with Crippen molar-refractivity contribution in [3.8, 4) is 0 Å². The maximum absolute atomic E-state index is 12.6. The number of para-hydroxylation sites is 1. The summed E-state index contributed by atoms with van der Waals surface area (Å²) in [5, 5.41) is 2.80. The van der Waals surface area contributed by atoms with Gasteiger partial charge in [0, 0.05) is 17.5 Å². The molecule has 1 N–H and O–H groups in total. The van der Waals surface area contributed by atoms with E-state index in [0.717, 1.165) is 5.56 Å². The molecule has 130 valence electrons. The zero-order valence-electron chi connectivity index (χ0n) is 13.7. The van der Waals surface area contributed by atoms with Crippen LogP contribution in [0.15, 0.2) is 60.7 Å². The van der Waals surface area contributed by atoms with Crippen molar-refractivity contribution < 1.29 is 14.3 Å². The molecule has 3 rings (SSSR count). The van der Waals surface area contributed by atoms with Crippen molar-refractivity contribution in [1.82, 2.24) is 4.90 Å². The summed E-state index contributed by atoms with van der Waals surface area (Å²) < 4.78 is 5.36. The number of anilines is 1. The minimum absolute atomic E-state index is 0.0456. The third-order valence-corrected chi connectivity index (χ3v) is 4.44. The molecule has 2 amide bonds. The molecule has 1 fully saturated rings. The van der Waals surface area contributed by atoms with Gasteiger partial charge in [0.1, 0.15) is 12.6 Å². The first-order valence-corrected chi connectivity index (χ1v) is 8.66. The number of amides is 2. The van der Waals surface area contributed by atoms with Crippen LogP contribution in [0.5, 0.6) is 0 Å². The van der Waals surface area contributed by atoms with E-state index < -0.39 is 12.1 Å². The van der Waals surface area contributed by atoms with Crippen molar-refractivity contribution in [1.29, 1.82) is 0 Å². The Morgan fingerprint density at radius 3 is 2.40 bits per heavy atom. The Balaban J connectivity index is 1.62. The summed E-state index contributed by atoms with van der Waals surface area (Å²) in [5.41, 5.74) is 1.61. The summed E-state index contributed by atoms with van der Waals surface area (Å²) in [7, 11) is 0. The molecule has 5 nitrogen and oxygen atoms in total. The first kappa shape index (κ1) is 17.4. The van der Waals surface area contributed by atoms with E-state index >= 15 is 0 Å². The summed E-state index contributed by atoms with van der Waals surface area (Å²) in [6.07, 6.45) is 0.0102. The van der Waals surface area contributed by atoms with Crippen LogP contribution in [0, 0.1) is 0 Å². The fourth-order valence-corrected chi connectivity index (χ4v) is 3.19. The standard InChI is InChI=1S/C19H20N2O3S/c22-18(20-15-9-5-2-6-10-15)17-11-16(25)12-21(17)19(23)24-13-14-7-3-1-4-8-14/h1-10,16-17,25H,11-13H2,(H,20,22). The predicted octanol–water partition coefficient (Wildman–Crippen LogP) is 3.33. The Bertz CT molecular complexity index is 724. The Morgan fingerprint density at radius 1 is 1.08 bits per heavy atom. The lowest BCUT2D eigenvalue weighted by Gasteiger charge is -2.23. The average Bonchev–Trinajstić information content (AvgIpc) is 3.03. The Hall–Kier alpha value is -2.47. The molecule has 0 spiro atoms. The summed E-state index contributed by atoms with van der Waals surface area (Å²) >= 11 is 4.44. The predicted molar refractivity (Wildman–Crippen MR) is 99.6 cm³/mol. The van der Waals surface area contributed by atoms with E-state index in [-0.39, 0.29) is 17.8 Å². The normalized spacial score (nSPS) is 19.5. The number of nitrogens with one attached hydrogen (secondary N) is 1. The minimum Gasteiger partial charge on any atom is -0.445 e. The van der Waals surface area contributed by atoms with Crippen LogP contribution in [0.4, 0.5) is 10.5 Å². The van der Waals surface area contributed by atoms with Gasteiger partial charge in [-0.15, -0.1) is 0 Å². The lowest BCUT2D eigenvalue weighted by molar-refractivity contribution is -0.120. The maximum atomic E-state index is 12.6. The number of carbonyl (C=O) groups excluding carboxylic acids is 2. The van der Waals surface area contributed by atoms with Crippen LogP contribution in [0.3, 0.4) is 0 Å². The first-order valence-electron chi connectivity index (χ1n) is 8.15. The lowest BCUT2D eigenvalue weighted by atomic mass is 10.2. The second-order valence-corrected chi connectivity index (χ2v) is 6.68. The zero-order valence-corrected chi connectivity index (χ0v) is 14.6. The van der Waals surface area contributed by atoms with Crippen molar-refractivity contribution in [2.45, 2.75) is 24.3 Å². The van der Waals surface area contributed by atoms with E-state index in [2.05, 4.69) is 17.9 Å². The summed E-state index contributed by atoms with van der Waals surface area (Å²) in [4.78, 5) is 26.4. The van der Waals surface area contributed by atoms with Crippen LogP contribution in [-0.4, -0.2) is 34.7 Å². The SMILES string of the molecule is O=C(Nc1ccccc1)C1CC(S)CN1C(=O)OCc1ccccc1. The topological polar surface area (TPSA) is 58.6 Å². The van der Waals surface area contributed by atoms with Gasteiger partial charge in [0.15, 0.2) is 0 Å². The highest BCUT2D eigenvalue weighted by atomic mass is 32.1. The molecule has 1 heterocycles. The lowest BCUT2D eigenvalue weighted by Crippen LogP contribution is -2.43. The molecule has 0 aromatic heterocycles. The number of benzene rings is 2. The van der Waals surface area contributed by atoms with Crippen LogP contribution in [0.1, 0.15) is 12.0 Å². The van der Waals surface area contributed by atoms with Gasteiger partial charge >= 0.3 is 6.09 Å². The third kappa shape index (κ3) is 4.54. The first-order chi connectivity index (χ1) is 12.1. The molecule has 25 heavy (non-hydrogen) atoms. The number of hydrogen-bond donors (Lipinski definition) is 2. The maximum Gasteiger partial charge on any atom is 0.410 e. The zero-order chi connectivity index (χ0) is 17.6. The van der Waals surface area contributed by atoms with Gasteiger partial charge in [-0.05, 0) is 24.1 Å². The van der Waals surface area contributed by atoms with E-state index in [0.29, 0.717) is 18.7 Å². The molecular weight excluding hydrogens is 336 g/mol. The van der Waals surface area contributed by atoms with Gasteiger partial charge < -0.3 is 10.1 Å². The van der Waals surface area contributed by atoms with Gasteiger partial charge in [0.25, 0.3) is 0 Å². The second-order valence-electron chi connectivity index (χ2n) is 5.95. The summed E-state index contributed by atoms with van der Waals surface area (Å²) in [5.74, 6) is -0.223. The molecule has 0 bridgehead atoms. The number of hydrogen-bond acceptors (Lipinski definition) is 4. The number of likely N-dealkylation sites (tertiary alicyclic amines) is 1. The van der Waals surface area contributed by atoms with Gasteiger partial charge in [-0.3, -0.25) is 9.69 Å². The largest absolute Gasteiger partial charge is 0.445 e. The Labute approximate surface area is 152 Å². The van der Waals surface area contributed by atoms with Crippen molar-refractivity contribution in [3.05, 3.63) is 66.2 Å². The van der Waals surface area contributed by atoms with Gasteiger partial charge in [-0.1, -0.05) is 48.5 Å². The second kappa shape index (κ2) is 8.07. The molecule has 2 aromatic carbocycles. The Morgan fingerprint density at radius 2 is 1.72 bits per heavy atom. The van der Waals surface area contributed by atoms with Crippen LogP contribution in [0.25, 0.3) is 0 Å². The summed E-state index contributed by atoms with van der Waals surface area (Å²) in [6.45, 7) is 0.573. The fourth-order valence-electron chi connectivity index (χ4n) is 2.81. The number of ether oxygens (including phenoxy) is 1. The highest BCUT2D eigenvalue weighted by Crippen LogP contribution is 2.24. The number of carbonyl (C=O) groups is 2. The van der Waals surface area contributed by atoms with Crippen molar-refractivity contribution >= 4 is 30.3 Å². The summed E-state index contributed by atoms with van der Waals surface area (Å²) in [6, 6.07) is 18.1. The third-order valence-electron chi connectivity index (χ3n) is 4.06. The molecule has 0 saturated carbocycles. The molecule has 0 radical (unpaired) electrons. The van der Waals surface area contributed by atoms with Crippen LogP contribution in [-0.2, 0) is 16.1 Å². The number of thiol groups is 1. The van der Waals surface area contributed by atoms with Crippen LogP contribution in [0.2, 0.25) is 0 Å². The van der Waals surface area contributed by atoms with Gasteiger partial charge in [-0.2, -0.15) is 12.6 Å². The van der Waals surface area contributed by atoms with Gasteiger partial charge in [0.2, 0.25) is 5.91 Å². The van der Waals surface area contributed by atoms with E-state index in [1.54, 1.807) is 0 Å². The smallest absolute Gasteiger partial charge is 0.410 e. The molecule has 1 saturated heterocycles. The molecule has 2 aromatic rings. The molecule has 2 unspecified atom stereocenters. The van der Waals surface area contributed by atoms with E-state index in [1.807, 2.05) is 60.7 Å². The molecular formula is C19H20N2O3S. The van der Waals surface area contributed by atoms with Crippen molar-refractivity contribution in [2.24, 2.45) is 0 Å². The highest BCUT2D eigenvalue weighted by Gasteiger charge is 2.39. The van der Waals surface area contributed by atoms with Crippen molar-refractivity contribution in [3.63, 3.8) is 0 Å². The van der Waals surface area contributed by atoms with E-state index in [1.165, 1.54) is 4.90 Å². The molecule has 1 aliphatic rings. The molecule has 6 heteroatoms. The van der Waals surface area contributed by atoms with Crippen molar-refractivity contribution in [2.75, 3.05) is 11.9 Å². The van der Waals surface area contributed by atoms with Gasteiger partial charge in [0.05, 0.1) is 0 Å². The highest BCUT2D eigenvalue weighted by molar-refractivity contribution is 7.81. The van der Waals surface area contributed by atoms with Crippen LogP contribution < -0.4 is 5.32 Å². The average molecular weight is 356 g/mol. The van der Waals surface area contributed by atoms with E-state index in [4.69, 9.17) is 4.74 Å². The minimum atomic E-state index is -0.578. The quantitative estimate of drug-likeness (QED) is 0.826. The van der Waals surface area contributed by atoms with E-state index in [9.17, 15) is 9.59 Å². The number of nitrogens with zero attached hydrogens (tertiary/aromatic N) is 1. The number of rotatable bonds is 4. The fraction of sp³-hybridized carbons (Fsp3) is 0.263.